The fraction of sp³-hybridized carbons (Fsp3) is 0.818. The highest BCUT2D eigenvalue weighted by molar-refractivity contribution is 5.96. The van der Waals surface area contributed by atoms with E-state index in [1.165, 1.54) is 45.6 Å². The number of nitrogens with one attached hydrogen (secondary N) is 2. The fourth-order valence-corrected chi connectivity index (χ4v) is 7.51. The summed E-state index contributed by atoms with van der Waals surface area (Å²) in [6, 6.07) is 0.730. The van der Waals surface area contributed by atoms with Crippen molar-refractivity contribution in [3.63, 3.8) is 0 Å². The van der Waals surface area contributed by atoms with Crippen LogP contribution in [0.4, 0.5) is 0 Å². The molecule has 1 heterocycles. The standard InChI is InChI=1S/C22H35N3O2/c1-14(26)23-24-20(27)18-8-7-16-15-6-9-19-22(3,11-5-13-25(19)4)17(15)10-12-21(16,18)2/h8,15-17,19H,5-7,9-13H2,1-4H3,(H,23,26)(H,24,27)/t15-,16-,17-,19?,21-,22+/m0/s1. The van der Waals surface area contributed by atoms with Crippen molar-refractivity contribution in [1.29, 1.82) is 0 Å². The largest absolute Gasteiger partial charge is 0.303 e. The van der Waals surface area contributed by atoms with Crippen LogP contribution in [0.15, 0.2) is 11.6 Å². The van der Waals surface area contributed by atoms with Gasteiger partial charge in [-0.3, -0.25) is 20.4 Å². The van der Waals surface area contributed by atoms with Crippen LogP contribution in [-0.4, -0.2) is 36.3 Å². The van der Waals surface area contributed by atoms with E-state index >= 15 is 0 Å². The molecule has 0 aromatic rings. The lowest BCUT2D eigenvalue weighted by molar-refractivity contribution is -0.129. The average molecular weight is 374 g/mol. The molecule has 2 amide bonds. The first-order valence-corrected chi connectivity index (χ1v) is 10.7. The van der Waals surface area contributed by atoms with Gasteiger partial charge in [0.05, 0.1) is 0 Å². The number of allylic oxidation sites excluding steroid dienone is 1. The molecule has 0 spiro atoms. The number of likely N-dealkylation sites (tertiary alicyclic amines) is 1. The molecule has 1 unspecified atom stereocenters. The first kappa shape index (κ1) is 19.0. The summed E-state index contributed by atoms with van der Waals surface area (Å²) in [6.45, 7) is 7.51. The van der Waals surface area contributed by atoms with Gasteiger partial charge in [0.2, 0.25) is 5.91 Å². The summed E-state index contributed by atoms with van der Waals surface area (Å²) in [6.07, 6.45) is 10.8. The molecule has 0 aromatic heterocycles. The highest BCUT2D eigenvalue weighted by Gasteiger charge is 2.59. The summed E-state index contributed by atoms with van der Waals surface area (Å²) in [4.78, 5) is 26.5. The third kappa shape index (κ3) is 2.84. The number of carbonyl (C=O) groups is 2. The van der Waals surface area contributed by atoms with E-state index in [2.05, 4.69) is 42.7 Å². The van der Waals surface area contributed by atoms with Crippen LogP contribution in [0.3, 0.4) is 0 Å². The monoisotopic (exact) mass is 373 g/mol. The van der Waals surface area contributed by atoms with Gasteiger partial charge in [0.25, 0.3) is 5.91 Å². The normalized spacial score (nSPS) is 43.8. The van der Waals surface area contributed by atoms with Crippen LogP contribution in [0.1, 0.15) is 65.7 Å². The van der Waals surface area contributed by atoms with Crippen molar-refractivity contribution in [2.75, 3.05) is 13.6 Å². The molecule has 4 aliphatic rings. The van der Waals surface area contributed by atoms with E-state index in [1.807, 2.05) is 0 Å². The minimum Gasteiger partial charge on any atom is -0.303 e. The molecule has 3 aliphatic carbocycles. The summed E-state index contributed by atoms with van der Waals surface area (Å²) in [7, 11) is 2.32. The van der Waals surface area contributed by atoms with Crippen molar-refractivity contribution in [2.45, 2.75) is 71.8 Å². The quantitative estimate of drug-likeness (QED) is 0.695. The van der Waals surface area contributed by atoms with E-state index in [9.17, 15) is 9.59 Å². The number of hydrazine groups is 1. The molecule has 0 radical (unpaired) electrons. The van der Waals surface area contributed by atoms with Crippen molar-refractivity contribution in [2.24, 2.45) is 28.6 Å². The van der Waals surface area contributed by atoms with E-state index in [-0.39, 0.29) is 17.2 Å². The second-order valence-electron chi connectivity index (χ2n) is 10.0. The average Bonchev–Trinajstić information content (AvgIpc) is 2.97. The van der Waals surface area contributed by atoms with Crippen molar-refractivity contribution < 1.29 is 9.59 Å². The first-order chi connectivity index (χ1) is 12.8. The summed E-state index contributed by atoms with van der Waals surface area (Å²) < 4.78 is 0. The number of hydrogen-bond donors (Lipinski definition) is 2. The van der Waals surface area contributed by atoms with Crippen LogP contribution >= 0.6 is 0 Å². The zero-order valence-electron chi connectivity index (χ0n) is 17.3. The number of hydrogen-bond acceptors (Lipinski definition) is 3. The Bertz CT molecular complexity index is 674. The molecule has 150 valence electrons. The van der Waals surface area contributed by atoms with Crippen molar-refractivity contribution in [3.05, 3.63) is 11.6 Å². The minimum atomic E-state index is -0.236. The van der Waals surface area contributed by atoms with Gasteiger partial charge in [-0.15, -0.1) is 0 Å². The molecule has 6 atom stereocenters. The molecule has 0 bridgehead atoms. The lowest BCUT2D eigenvalue weighted by Crippen LogP contribution is -2.60. The molecule has 4 rings (SSSR count). The molecular weight excluding hydrogens is 338 g/mol. The molecule has 27 heavy (non-hydrogen) atoms. The summed E-state index contributed by atoms with van der Waals surface area (Å²) >= 11 is 0. The number of rotatable bonds is 1. The Labute approximate surface area is 163 Å². The van der Waals surface area contributed by atoms with Crippen molar-refractivity contribution >= 4 is 11.8 Å². The van der Waals surface area contributed by atoms with Gasteiger partial charge in [0, 0.05) is 24.0 Å². The summed E-state index contributed by atoms with van der Waals surface area (Å²) in [5.74, 6) is 1.72. The third-order valence-corrected chi connectivity index (χ3v) is 8.75. The Morgan fingerprint density at radius 2 is 1.89 bits per heavy atom. The predicted octanol–water partition coefficient (Wildman–Crippen LogP) is 3.03. The van der Waals surface area contributed by atoms with Crippen LogP contribution in [0.2, 0.25) is 0 Å². The van der Waals surface area contributed by atoms with Gasteiger partial charge in [-0.2, -0.15) is 0 Å². The summed E-state index contributed by atoms with van der Waals surface area (Å²) in [5.41, 5.74) is 6.33. The number of fused-ring (bicyclic) bond motifs is 5. The van der Waals surface area contributed by atoms with Gasteiger partial charge in [-0.25, -0.2) is 0 Å². The minimum absolute atomic E-state index is 0.0481. The maximum absolute atomic E-state index is 12.7. The molecule has 0 aromatic carbocycles. The van der Waals surface area contributed by atoms with Gasteiger partial charge >= 0.3 is 0 Å². The van der Waals surface area contributed by atoms with Crippen LogP contribution in [-0.2, 0) is 9.59 Å². The Balaban J connectivity index is 1.54. The van der Waals surface area contributed by atoms with Crippen LogP contribution in [0.25, 0.3) is 0 Å². The number of amides is 2. The smallest absolute Gasteiger partial charge is 0.265 e. The van der Waals surface area contributed by atoms with Crippen LogP contribution in [0.5, 0.6) is 0 Å². The second kappa shape index (κ2) is 6.61. The molecule has 2 N–H and O–H groups in total. The van der Waals surface area contributed by atoms with Gasteiger partial charge in [-0.05, 0) is 81.7 Å². The number of nitrogens with zero attached hydrogens (tertiary/aromatic N) is 1. The van der Waals surface area contributed by atoms with Crippen molar-refractivity contribution in [1.82, 2.24) is 15.8 Å². The third-order valence-electron chi connectivity index (χ3n) is 8.75. The Morgan fingerprint density at radius 3 is 2.63 bits per heavy atom. The second-order valence-corrected chi connectivity index (χ2v) is 10.0. The first-order valence-electron chi connectivity index (χ1n) is 10.7. The molecule has 2 saturated carbocycles. The highest BCUT2D eigenvalue weighted by atomic mass is 16.2. The van der Waals surface area contributed by atoms with E-state index in [0.717, 1.165) is 36.3 Å². The Hall–Kier alpha value is -1.36. The molecule has 1 saturated heterocycles. The van der Waals surface area contributed by atoms with E-state index in [0.29, 0.717) is 11.3 Å². The van der Waals surface area contributed by atoms with Crippen LogP contribution < -0.4 is 10.9 Å². The molecule has 3 fully saturated rings. The maximum atomic E-state index is 12.7. The maximum Gasteiger partial charge on any atom is 0.265 e. The fourth-order valence-electron chi connectivity index (χ4n) is 7.51. The van der Waals surface area contributed by atoms with Crippen LogP contribution in [0, 0.1) is 28.6 Å². The predicted molar refractivity (Wildman–Crippen MR) is 105 cm³/mol. The van der Waals surface area contributed by atoms with Gasteiger partial charge < -0.3 is 4.90 Å². The van der Waals surface area contributed by atoms with Gasteiger partial charge in [0.15, 0.2) is 0 Å². The molecule has 5 heteroatoms. The van der Waals surface area contributed by atoms with Gasteiger partial charge in [0.1, 0.15) is 0 Å². The Morgan fingerprint density at radius 1 is 1.11 bits per heavy atom. The van der Waals surface area contributed by atoms with E-state index in [1.54, 1.807) is 0 Å². The highest BCUT2D eigenvalue weighted by Crippen LogP contribution is 2.64. The molecule has 5 nitrogen and oxygen atoms in total. The topological polar surface area (TPSA) is 61.4 Å². The lowest BCUT2D eigenvalue weighted by atomic mass is 9.47. The zero-order valence-corrected chi connectivity index (χ0v) is 17.3. The van der Waals surface area contributed by atoms with E-state index < -0.39 is 0 Å². The van der Waals surface area contributed by atoms with Gasteiger partial charge in [-0.1, -0.05) is 19.9 Å². The number of carbonyl (C=O) groups excluding carboxylic acids is 2. The lowest BCUT2D eigenvalue weighted by Gasteiger charge is -2.61. The van der Waals surface area contributed by atoms with E-state index in [4.69, 9.17) is 0 Å². The van der Waals surface area contributed by atoms with Crippen molar-refractivity contribution in [3.8, 4) is 0 Å². The zero-order chi connectivity index (χ0) is 19.4. The molecular formula is C22H35N3O2. The number of piperidine rings is 1. The SMILES string of the molecule is CC(=O)NNC(=O)C1=CC[C@H]2[C@@H]3CCC4N(C)CCC[C@]4(C)[C@H]3CC[C@]12C. The Kier molecular flexibility index (Phi) is 4.65. The molecule has 1 aliphatic heterocycles. The summed E-state index contributed by atoms with van der Waals surface area (Å²) in [5, 5.41) is 0.